The van der Waals surface area contributed by atoms with Crippen molar-refractivity contribution >= 4 is 17.3 Å². The average molecular weight is 293 g/mol. The van der Waals surface area contributed by atoms with E-state index >= 15 is 0 Å². The quantitative estimate of drug-likeness (QED) is 0.675. The third-order valence-electron chi connectivity index (χ3n) is 3.08. The first kappa shape index (κ1) is 14.8. The molecule has 0 radical (unpaired) electrons. The van der Waals surface area contributed by atoms with Crippen LogP contribution in [0.25, 0.3) is 0 Å². The minimum Gasteiger partial charge on any atom is -0.377 e. The Kier molecular flexibility index (Phi) is 4.06. The highest BCUT2D eigenvalue weighted by molar-refractivity contribution is 5.50. The van der Waals surface area contributed by atoms with Gasteiger partial charge in [0.05, 0.1) is 35.1 Å². The van der Waals surface area contributed by atoms with Crippen LogP contribution >= 0.6 is 0 Å². The number of hydrogen-bond donors (Lipinski definition) is 1. The number of hydrogen-bond acceptors (Lipinski definition) is 5. The number of anilines is 2. The van der Waals surface area contributed by atoms with Gasteiger partial charge < -0.3 is 14.8 Å². The Morgan fingerprint density at radius 2 is 2.19 bits per heavy atom. The summed E-state index contributed by atoms with van der Waals surface area (Å²) in [6.45, 7) is 0.367. The van der Waals surface area contributed by atoms with Gasteiger partial charge in [0.25, 0.3) is 5.69 Å². The summed E-state index contributed by atoms with van der Waals surface area (Å²) in [6, 6.07) is 3.52. The van der Waals surface area contributed by atoms with E-state index in [2.05, 4.69) is 10.3 Å². The number of non-ortho nitro benzene ring substituents is 1. The summed E-state index contributed by atoms with van der Waals surface area (Å²) in [5.74, 6) is 0.134. The number of nitro groups is 1. The van der Waals surface area contributed by atoms with Gasteiger partial charge in [-0.1, -0.05) is 0 Å². The summed E-state index contributed by atoms with van der Waals surface area (Å²) >= 11 is 0. The molecule has 0 aliphatic rings. The van der Waals surface area contributed by atoms with Crippen molar-refractivity contribution in [2.24, 2.45) is 7.05 Å². The van der Waals surface area contributed by atoms with Crippen LogP contribution in [-0.4, -0.2) is 28.6 Å². The van der Waals surface area contributed by atoms with Gasteiger partial charge in [0.15, 0.2) is 5.82 Å². The molecule has 8 heteroatoms. The molecule has 112 valence electrons. The van der Waals surface area contributed by atoms with Crippen molar-refractivity contribution in [2.75, 3.05) is 24.3 Å². The van der Waals surface area contributed by atoms with E-state index in [0.717, 1.165) is 17.7 Å². The summed E-state index contributed by atoms with van der Waals surface area (Å²) in [7, 11) is 5.64. The van der Waals surface area contributed by atoms with E-state index in [1.807, 2.05) is 30.6 Å². The zero-order valence-corrected chi connectivity index (χ0v) is 12.0. The van der Waals surface area contributed by atoms with Gasteiger partial charge in [-0.2, -0.15) is 0 Å². The number of nitrogens with one attached hydrogen (secondary N) is 1. The van der Waals surface area contributed by atoms with Gasteiger partial charge in [-0.25, -0.2) is 9.37 Å². The molecule has 0 aliphatic carbocycles. The molecule has 0 unspecified atom stereocenters. The molecule has 0 atom stereocenters. The maximum atomic E-state index is 13.7. The molecule has 2 aromatic rings. The molecule has 1 aromatic heterocycles. The molecule has 0 bridgehead atoms. The smallest absolute Gasteiger partial charge is 0.272 e. The Labute approximate surface area is 121 Å². The lowest BCUT2D eigenvalue weighted by atomic mass is 10.2. The molecule has 1 N–H and O–H groups in total. The monoisotopic (exact) mass is 293 g/mol. The van der Waals surface area contributed by atoms with Crippen molar-refractivity contribution in [1.29, 1.82) is 0 Å². The highest BCUT2D eigenvalue weighted by Crippen LogP contribution is 2.21. The highest BCUT2D eigenvalue weighted by atomic mass is 19.1. The van der Waals surface area contributed by atoms with E-state index in [4.69, 9.17) is 0 Å². The van der Waals surface area contributed by atoms with Crippen LogP contribution in [0.15, 0.2) is 24.4 Å². The van der Waals surface area contributed by atoms with E-state index in [9.17, 15) is 14.5 Å². The van der Waals surface area contributed by atoms with E-state index in [1.165, 1.54) is 12.1 Å². The Morgan fingerprint density at radius 1 is 1.48 bits per heavy atom. The Balaban J connectivity index is 2.12. The number of nitrogens with zero attached hydrogens (tertiary/aromatic N) is 4. The second-order valence-corrected chi connectivity index (χ2v) is 4.78. The van der Waals surface area contributed by atoms with E-state index in [1.54, 1.807) is 6.20 Å². The number of aromatic nitrogens is 2. The molecule has 1 heterocycles. The molecule has 0 amide bonds. The van der Waals surface area contributed by atoms with Crippen molar-refractivity contribution < 1.29 is 9.31 Å². The number of nitro benzene ring substituents is 1. The van der Waals surface area contributed by atoms with Crippen molar-refractivity contribution in [3.8, 4) is 0 Å². The molecule has 0 aliphatic heterocycles. The lowest BCUT2D eigenvalue weighted by Gasteiger charge is -2.13. The minimum absolute atomic E-state index is 0.216. The fraction of sp³-hybridized carbons (Fsp3) is 0.308. The standard InChI is InChI=1S/C13H16FN5O2/c1-17(2)13-16-8-10(18(13)3)7-15-12-5-4-9(19(20)21)6-11(12)14/h4-6,8,15H,7H2,1-3H3. The topological polar surface area (TPSA) is 76.2 Å². The summed E-state index contributed by atoms with van der Waals surface area (Å²) in [5, 5.41) is 13.5. The molecule has 2 rings (SSSR count). The first-order chi connectivity index (χ1) is 9.90. The Hall–Kier alpha value is -2.64. The molecular weight excluding hydrogens is 277 g/mol. The summed E-state index contributed by atoms with van der Waals surface area (Å²) in [5.41, 5.74) is 0.818. The average Bonchev–Trinajstić information content (AvgIpc) is 2.78. The lowest BCUT2D eigenvalue weighted by Crippen LogP contribution is -2.15. The first-order valence-electron chi connectivity index (χ1n) is 6.26. The van der Waals surface area contributed by atoms with Gasteiger partial charge in [-0.15, -0.1) is 0 Å². The third-order valence-corrected chi connectivity index (χ3v) is 3.08. The fourth-order valence-corrected chi connectivity index (χ4v) is 1.96. The van der Waals surface area contributed by atoms with Crippen molar-refractivity contribution in [3.05, 3.63) is 46.0 Å². The number of imidazole rings is 1. The Bertz CT molecular complexity index is 669. The SMILES string of the molecule is CN(C)c1ncc(CNc2ccc([N+](=O)[O-])cc2F)n1C. The van der Waals surface area contributed by atoms with Crippen LogP contribution < -0.4 is 10.2 Å². The van der Waals surface area contributed by atoms with Gasteiger partial charge in [-0.3, -0.25) is 10.1 Å². The van der Waals surface area contributed by atoms with Gasteiger partial charge >= 0.3 is 0 Å². The molecule has 21 heavy (non-hydrogen) atoms. The van der Waals surface area contributed by atoms with Crippen LogP contribution in [0.4, 0.5) is 21.7 Å². The summed E-state index contributed by atoms with van der Waals surface area (Å²) in [6.07, 6.45) is 1.70. The molecule has 7 nitrogen and oxygen atoms in total. The molecular formula is C13H16FN5O2. The summed E-state index contributed by atoms with van der Waals surface area (Å²) in [4.78, 5) is 16.1. The zero-order chi connectivity index (χ0) is 15.6. The van der Waals surface area contributed by atoms with Crippen molar-refractivity contribution in [1.82, 2.24) is 9.55 Å². The third kappa shape index (κ3) is 3.10. The van der Waals surface area contributed by atoms with Crippen LogP contribution in [0.3, 0.4) is 0 Å². The Morgan fingerprint density at radius 3 is 2.71 bits per heavy atom. The lowest BCUT2D eigenvalue weighted by molar-refractivity contribution is -0.385. The fourth-order valence-electron chi connectivity index (χ4n) is 1.96. The molecule has 0 saturated carbocycles. The predicted molar refractivity (Wildman–Crippen MR) is 77.9 cm³/mol. The summed E-state index contributed by atoms with van der Waals surface area (Å²) < 4.78 is 15.6. The van der Waals surface area contributed by atoms with Crippen LogP contribution in [-0.2, 0) is 13.6 Å². The van der Waals surface area contributed by atoms with Crippen molar-refractivity contribution in [3.63, 3.8) is 0 Å². The van der Waals surface area contributed by atoms with Gasteiger partial charge in [0.2, 0.25) is 5.95 Å². The first-order valence-corrected chi connectivity index (χ1v) is 6.26. The van der Waals surface area contributed by atoms with Crippen LogP contribution in [0.1, 0.15) is 5.69 Å². The van der Waals surface area contributed by atoms with Crippen molar-refractivity contribution in [2.45, 2.75) is 6.54 Å². The molecule has 0 fully saturated rings. The van der Waals surface area contributed by atoms with E-state index in [0.29, 0.717) is 6.54 Å². The van der Waals surface area contributed by atoms with Crippen LogP contribution in [0.5, 0.6) is 0 Å². The van der Waals surface area contributed by atoms with Gasteiger partial charge in [0.1, 0.15) is 0 Å². The predicted octanol–water partition coefficient (Wildman–Crippen LogP) is 2.15. The highest BCUT2D eigenvalue weighted by Gasteiger charge is 2.12. The number of benzene rings is 1. The van der Waals surface area contributed by atoms with Crippen LogP contribution in [0.2, 0.25) is 0 Å². The second-order valence-electron chi connectivity index (χ2n) is 4.78. The van der Waals surface area contributed by atoms with Gasteiger partial charge in [-0.05, 0) is 6.07 Å². The minimum atomic E-state index is -0.654. The van der Waals surface area contributed by atoms with E-state index < -0.39 is 10.7 Å². The molecule has 0 spiro atoms. The molecule has 0 saturated heterocycles. The van der Waals surface area contributed by atoms with Gasteiger partial charge in [0, 0.05) is 27.2 Å². The zero-order valence-electron chi connectivity index (χ0n) is 12.0. The van der Waals surface area contributed by atoms with E-state index in [-0.39, 0.29) is 11.4 Å². The largest absolute Gasteiger partial charge is 0.377 e. The maximum Gasteiger partial charge on any atom is 0.272 e. The second kappa shape index (κ2) is 5.78. The number of halogens is 1. The normalized spacial score (nSPS) is 10.5. The maximum absolute atomic E-state index is 13.7. The number of rotatable bonds is 5. The van der Waals surface area contributed by atoms with Crippen LogP contribution in [0, 0.1) is 15.9 Å². The molecule has 1 aromatic carbocycles.